The zero-order chi connectivity index (χ0) is 12.7. The van der Waals surface area contributed by atoms with Gasteiger partial charge in [-0.3, -0.25) is 4.79 Å². The summed E-state index contributed by atoms with van der Waals surface area (Å²) in [5, 5.41) is 3.11. The summed E-state index contributed by atoms with van der Waals surface area (Å²) in [6.07, 6.45) is 3.97. The molecule has 1 rings (SSSR count). The molecule has 0 spiro atoms. The lowest BCUT2D eigenvalue weighted by atomic mass is 9.92. The maximum atomic E-state index is 12.0. The van der Waals surface area contributed by atoms with Gasteiger partial charge >= 0.3 is 0 Å². The Labute approximate surface area is 104 Å². The van der Waals surface area contributed by atoms with Gasteiger partial charge in [-0.15, -0.1) is 0 Å². The maximum Gasteiger partial charge on any atom is 0.224 e. The van der Waals surface area contributed by atoms with E-state index in [4.69, 9.17) is 10.5 Å². The number of nitrogens with one attached hydrogen (secondary N) is 1. The third-order valence-electron chi connectivity index (χ3n) is 3.64. The number of carbonyl (C=O) groups is 1. The molecule has 2 unspecified atom stereocenters. The normalized spacial score (nSPS) is 20.9. The molecule has 0 aromatic rings. The van der Waals surface area contributed by atoms with E-state index in [9.17, 15) is 4.79 Å². The summed E-state index contributed by atoms with van der Waals surface area (Å²) in [6, 6.07) is 0.234. The predicted molar refractivity (Wildman–Crippen MR) is 68.6 cm³/mol. The molecular formula is C13H26N2O2. The molecule has 0 aromatic carbocycles. The van der Waals surface area contributed by atoms with Crippen LogP contribution < -0.4 is 11.1 Å². The Morgan fingerprint density at radius 2 is 2.12 bits per heavy atom. The zero-order valence-corrected chi connectivity index (χ0v) is 11.1. The summed E-state index contributed by atoms with van der Waals surface area (Å²) in [5.41, 5.74) is 5.63. The molecule has 1 amide bonds. The molecule has 0 bridgehead atoms. The van der Waals surface area contributed by atoms with Crippen molar-refractivity contribution in [2.45, 2.75) is 45.6 Å². The van der Waals surface area contributed by atoms with Gasteiger partial charge in [-0.2, -0.15) is 0 Å². The average Bonchev–Trinajstić information content (AvgIpc) is 2.36. The summed E-state index contributed by atoms with van der Waals surface area (Å²) >= 11 is 0. The summed E-state index contributed by atoms with van der Waals surface area (Å²) in [6.45, 7) is 6.26. The van der Waals surface area contributed by atoms with Crippen molar-refractivity contribution < 1.29 is 9.53 Å². The lowest BCUT2D eigenvalue weighted by molar-refractivity contribution is -0.126. The minimum absolute atomic E-state index is 0.0257. The Bertz CT molecular complexity index is 227. The van der Waals surface area contributed by atoms with Crippen molar-refractivity contribution in [3.8, 4) is 0 Å². The fourth-order valence-corrected chi connectivity index (χ4v) is 2.38. The van der Waals surface area contributed by atoms with Crippen molar-refractivity contribution in [2.75, 3.05) is 19.8 Å². The van der Waals surface area contributed by atoms with Crippen molar-refractivity contribution in [1.29, 1.82) is 0 Å². The lowest BCUT2D eigenvalue weighted by Crippen LogP contribution is -2.44. The van der Waals surface area contributed by atoms with Gasteiger partial charge in [-0.25, -0.2) is 0 Å². The summed E-state index contributed by atoms with van der Waals surface area (Å²) in [4.78, 5) is 12.0. The SMILES string of the molecule is CCCC(CN)C(=O)NC(C)C1CCOCC1. The number of rotatable bonds is 6. The monoisotopic (exact) mass is 242 g/mol. The van der Waals surface area contributed by atoms with Crippen LogP contribution in [-0.2, 0) is 9.53 Å². The Kier molecular flexibility index (Phi) is 6.52. The highest BCUT2D eigenvalue weighted by Gasteiger charge is 2.24. The van der Waals surface area contributed by atoms with E-state index in [1.165, 1.54) is 0 Å². The molecule has 0 aromatic heterocycles. The summed E-state index contributed by atoms with van der Waals surface area (Å²) < 4.78 is 5.33. The van der Waals surface area contributed by atoms with Crippen LogP contribution in [0.5, 0.6) is 0 Å². The molecule has 1 aliphatic heterocycles. The molecule has 0 saturated carbocycles. The van der Waals surface area contributed by atoms with E-state index in [-0.39, 0.29) is 17.9 Å². The highest BCUT2D eigenvalue weighted by molar-refractivity contribution is 5.79. The first-order chi connectivity index (χ1) is 8.19. The van der Waals surface area contributed by atoms with Gasteiger partial charge in [0, 0.05) is 25.8 Å². The Morgan fingerprint density at radius 3 is 2.65 bits per heavy atom. The van der Waals surface area contributed by atoms with Crippen LogP contribution in [0, 0.1) is 11.8 Å². The number of amides is 1. The Hall–Kier alpha value is -0.610. The molecule has 2 atom stereocenters. The van der Waals surface area contributed by atoms with Crippen LogP contribution in [0.1, 0.15) is 39.5 Å². The third-order valence-corrected chi connectivity index (χ3v) is 3.64. The number of hydrogen-bond acceptors (Lipinski definition) is 3. The van der Waals surface area contributed by atoms with Crippen LogP contribution in [0.25, 0.3) is 0 Å². The van der Waals surface area contributed by atoms with E-state index in [1.807, 2.05) is 0 Å². The molecule has 1 saturated heterocycles. The van der Waals surface area contributed by atoms with Gasteiger partial charge in [0.05, 0.1) is 5.92 Å². The highest BCUT2D eigenvalue weighted by Crippen LogP contribution is 2.19. The highest BCUT2D eigenvalue weighted by atomic mass is 16.5. The molecule has 1 heterocycles. The van der Waals surface area contributed by atoms with Crippen LogP contribution in [0.2, 0.25) is 0 Å². The van der Waals surface area contributed by atoms with E-state index >= 15 is 0 Å². The number of carbonyl (C=O) groups excluding carboxylic acids is 1. The molecule has 100 valence electrons. The van der Waals surface area contributed by atoms with Crippen molar-refractivity contribution in [2.24, 2.45) is 17.6 Å². The van der Waals surface area contributed by atoms with E-state index in [2.05, 4.69) is 19.2 Å². The first-order valence-electron chi connectivity index (χ1n) is 6.77. The van der Waals surface area contributed by atoms with Crippen molar-refractivity contribution >= 4 is 5.91 Å². The molecular weight excluding hydrogens is 216 g/mol. The molecule has 17 heavy (non-hydrogen) atoms. The van der Waals surface area contributed by atoms with Gasteiger partial charge in [0.15, 0.2) is 0 Å². The predicted octanol–water partition coefficient (Wildman–Crippen LogP) is 1.29. The molecule has 0 aliphatic carbocycles. The van der Waals surface area contributed by atoms with E-state index in [1.54, 1.807) is 0 Å². The molecule has 3 N–H and O–H groups in total. The van der Waals surface area contributed by atoms with E-state index in [0.29, 0.717) is 12.5 Å². The fourth-order valence-electron chi connectivity index (χ4n) is 2.38. The van der Waals surface area contributed by atoms with Gasteiger partial charge in [-0.05, 0) is 32.1 Å². The third kappa shape index (κ3) is 4.64. The second kappa shape index (κ2) is 7.67. The standard InChI is InChI=1S/C13H26N2O2/c1-3-4-12(9-14)13(16)15-10(2)11-5-7-17-8-6-11/h10-12H,3-9,14H2,1-2H3,(H,15,16). The average molecular weight is 242 g/mol. The minimum Gasteiger partial charge on any atom is -0.381 e. The second-order valence-electron chi connectivity index (χ2n) is 4.97. The second-order valence-corrected chi connectivity index (χ2v) is 4.97. The maximum absolute atomic E-state index is 12.0. The summed E-state index contributed by atoms with van der Waals surface area (Å²) in [7, 11) is 0. The summed E-state index contributed by atoms with van der Waals surface area (Å²) in [5.74, 6) is 0.642. The zero-order valence-electron chi connectivity index (χ0n) is 11.1. The van der Waals surface area contributed by atoms with Crippen LogP contribution in [0.3, 0.4) is 0 Å². The van der Waals surface area contributed by atoms with E-state index < -0.39 is 0 Å². The van der Waals surface area contributed by atoms with Crippen LogP contribution in [0.4, 0.5) is 0 Å². The number of nitrogens with two attached hydrogens (primary N) is 1. The number of ether oxygens (including phenoxy) is 1. The fraction of sp³-hybridized carbons (Fsp3) is 0.923. The smallest absolute Gasteiger partial charge is 0.224 e. The molecule has 4 nitrogen and oxygen atoms in total. The topological polar surface area (TPSA) is 64.4 Å². The van der Waals surface area contributed by atoms with Crippen molar-refractivity contribution in [1.82, 2.24) is 5.32 Å². The molecule has 1 aliphatic rings. The van der Waals surface area contributed by atoms with Gasteiger partial charge in [-0.1, -0.05) is 13.3 Å². The quantitative estimate of drug-likeness (QED) is 0.737. The van der Waals surface area contributed by atoms with Crippen LogP contribution in [0.15, 0.2) is 0 Å². The van der Waals surface area contributed by atoms with Crippen molar-refractivity contribution in [3.05, 3.63) is 0 Å². The van der Waals surface area contributed by atoms with Gasteiger partial charge < -0.3 is 15.8 Å². The lowest BCUT2D eigenvalue weighted by Gasteiger charge is -2.29. The van der Waals surface area contributed by atoms with Gasteiger partial charge in [0.25, 0.3) is 0 Å². The number of hydrogen-bond donors (Lipinski definition) is 2. The van der Waals surface area contributed by atoms with Gasteiger partial charge in [0.1, 0.15) is 0 Å². The minimum atomic E-state index is -0.0257. The molecule has 4 heteroatoms. The largest absolute Gasteiger partial charge is 0.381 e. The van der Waals surface area contributed by atoms with E-state index in [0.717, 1.165) is 38.9 Å². The van der Waals surface area contributed by atoms with Gasteiger partial charge in [0.2, 0.25) is 5.91 Å². The van der Waals surface area contributed by atoms with Crippen LogP contribution >= 0.6 is 0 Å². The first kappa shape index (κ1) is 14.5. The first-order valence-corrected chi connectivity index (χ1v) is 6.77. The Morgan fingerprint density at radius 1 is 1.47 bits per heavy atom. The van der Waals surface area contributed by atoms with Crippen molar-refractivity contribution in [3.63, 3.8) is 0 Å². The van der Waals surface area contributed by atoms with Crippen LogP contribution in [-0.4, -0.2) is 31.7 Å². The Balaban J connectivity index is 2.37. The molecule has 1 fully saturated rings. The molecule has 0 radical (unpaired) electrons.